The van der Waals surface area contributed by atoms with Crippen molar-refractivity contribution in [3.63, 3.8) is 0 Å². The molecule has 2 amide bonds. The summed E-state index contributed by atoms with van der Waals surface area (Å²) in [7, 11) is 0. The number of carbonyl (C=O) groups is 2. The van der Waals surface area contributed by atoms with E-state index in [4.69, 9.17) is 5.11 Å². The SMILES string of the molecule is CC(C)Sc1ccccc1NC(=O)NC1CCC(C(=O)O)CC1. The molecule has 5 nitrogen and oxygen atoms in total. The predicted octanol–water partition coefficient (Wildman–Crippen LogP) is 3.95. The van der Waals surface area contributed by atoms with E-state index in [1.807, 2.05) is 24.3 Å². The van der Waals surface area contributed by atoms with Gasteiger partial charge in [0.05, 0.1) is 11.6 Å². The molecule has 1 fully saturated rings. The summed E-state index contributed by atoms with van der Waals surface area (Å²) in [5, 5.41) is 15.3. The number of anilines is 1. The number of carboxylic acids is 1. The van der Waals surface area contributed by atoms with Gasteiger partial charge in [0, 0.05) is 16.2 Å². The maximum Gasteiger partial charge on any atom is 0.319 e. The molecule has 6 heteroatoms. The average Bonchev–Trinajstić information content (AvgIpc) is 2.49. The van der Waals surface area contributed by atoms with E-state index in [0.29, 0.717) is 30.9 Å². The van der Waals surface area contributed by atoms with Crippen LogP contribution in [0.15, 0.2) is 29.2 Å². The van der Waals surface area contributed by atoms with Gasteiger partial charge in [0.25, 0.3) is 0 Å². The molecule has 2 rings (SSSR count). The molecule has 0 saturated heterocycles. The first-order valence-corrected chi connectivity index (χ1v) is 8.89. The topological polar surface area (TPSA) is 78.4 Å². The number of amides is 2. The van der Waals surface area contributed by atoms with E-state index in [1.54, 1.807) is 11.8 Å². The van der Waals surface area contributed by atoms with Crippen LogP contribution in [0.5, 0.6) is 0 Å². The molecule has 0 aliphatic heterocycles. The second-order valence-electron chi connectivity index (χ2n) is 6.15. The van der Waals surface area contributed by atoms with Crippen LogP contribution in [0.4, 0.5) is 10.5 Å². The second-order valence-corrected chi connectivity index (χ2v) is 7.77. The number of hydrogen-bond acceptors (Lipinski definition) is 3. The van der Waals surface area contributed by atoms with Crippen LogP contribution in [0.3, 0.4) is 0 Å². The summed E-state index contributed by atoms with van der Waals surface area (Å²) in [6.45, 7) is 4.23. The van der Waals surface area contributed by atoms with Crippen LogP contribution in [-0.2, 0) is 4.79 Å². The highest BCUT2D eigenvalue weighted by Crippen LogP contribution is 2.30. The monoisotopic (exact) mass is 336 g/mol. The fourth-order valence-corrected chi connectivity index (χ4v) is 3.67. The lowest BCUT2D eigenvalue weighted by atomic mass is 9.86. The lowest BCUT2D eigenvalue weighted by Gasteiger charge is -2.27. The largest absolute Gasteiger partial charge is 0.481 e. The number of aliphatic carboxylic acids is 1. The van der Waals surface area contributed by atoms with Crippen molar-refractivity contribution in [2.24, 2.45) is 5.92 Å². The molecule has 3 N–H and O–H groups in total. The van der Waals surface area contributed by atoms with Crippen molar-refractivity contribution >= 4 is 29.4 Å². The van der Waals surface area contributed by atoms with Crippen molar-refractivity contribution in [1.82, 2.24) is 5.32 Å². The number of carboxylic acid groups (broad SMARTS) is 1. The first kappa shape index (κ1) is 17.7. The minimum atomic E-state index is -0.729. The number of urea groups is 1. The standard InChI is InChI=1S/C17H24N2O3S/c1-11(2)23-15-6-4-3-5-14(15)19-17(22)18-13-9-7-12(8-10-13)16(20)21/h3-6,11-13H,7-10H2,1-2H3,(H,20,21)(H2,18,19,22). The van der Waals surface area contributed by atoms with Gasteiger partial charge < -0.3 is 15.7 Å². The smallest absolute Gasteiger partial charge is 0.319 e. The number of thioether (sulfide) groups is 1. The minimum absolute atomic E-state index is 0.0514. The zero-order valence-electron chi connectivity index (χ0n) is 13.5. The highest BCUT2D eigenvalue weighted by molar-refractivity contribution is 8.00. The number of rotatable bonds is 5. The molecule has 0 unspecified atom stereocenters. The van der Waals surface area contributed by atoms with Crippen LogP contribution in [0.25, 0.3) is 0 Å². The fraction of sp³-hybridized carbons (Fsp3) is 0.529. The lowest BCUT2D eigenvalue weighted by Crippen LogP contribution is -2.41. The van der Waals surface area contributed by atoms with Gasteiger partial charge in [0.15, 0.2) is 0 Å². The van der Waals surface area contributed by atoms with Crippen LogP contribution in [0, 0.1) is 5.92 Å². The number of nitrogens with one attached hydrogen (secondary N) is 2. The van der Waals surface area contributed by atoms with Crippen molar-refractivity contribution in [2.75, 3.05) is 5.32 Å². The molecule has 0 heterocycles. The Morgan fingerprint density at radius 2 is 1.83 bits per heavy atom. The fourth-order valence-electron chi connectivity index (χ4n) is 2.76. The van der Waals surface area contributed by atoms with Crippen molar-refractivity contribution < 1.29 is 14.7 Å². The Labute approximate surface area is 141 Å². The maximum atomic E-state index is 12.2. The lowest BCUT2D eigenvalue weighted by molar-refractivity contribution is -0.142. The molecular formula is C17H24N2O3S. The molecule has 0 aromatic heterocycles. The van der Waals surface area contributed by atoms with E-state index in [1.165, 1.54) is 0 Å². The third-order valence-electron chi connectivity index (χ3n) is 3.91. The first-order chi connectivity index (χ1) is 11.0. The van der Waals surface area contributed by atoms with Gasteiger partial charge in [-0.2, -0.15) is 0 Å². The minimum Gasteiger partial charge on any atom is -0.481 e. The van der Waals surface area contributed by atoms with Crippen LogP contribution < -0.4 is 10.6 Å². The predicted molar refractivity (Wildman–Crippen MR) is 93.0 cm³/mol. The summed E-state index contributed by atoms with van der Waals surface area (Å²) in [6.07, 6.45) is 2.68. The van der Waals surface area contributed by atoms with Crippen LogP contribution in [0.2, 0.25) is 0 Å². The Hall–Kier alpha value is -1.69. The van der Waals surface area contributed by atoms with Gasteiger partial charge in [-0.1, -0.05) is 26.0 Å². The van der Waals surface area contributed by atoms with E-state index < -0.39 is 5.97 Å². The van der Waals surface area contributed by atoms with Crippen molar-refractivity contribution in [3.05, 3.63) is 24.3 Å². The Kier molecular flexibility index (Phi) is 6.33. The zero-order chi connectivity index (χ0) is 16.8. The summed E-state index contributed by atoms with van der Waals surface area (Å²) in [5.41, 5.74) is 0.808. The molecule has 1 aromatic carbocycles. The molecular weight excluding hydrogens is 312 g/mol. The number of hydrogen-bond donors (Lipinski definition) is 3. The molecule has 0 spiro atoms. The zero-order valence-corrected chi connectivity index (χ0v) is 14.4. The maximum absolute atomic E-state index is 12.2. The summed E-state index contributed by atoms with van der Waals surface area (Å²) >= 11 is 1.71. The first-order valence-electron chi connectivity index (χ1n) is 8.01. The molecule has 0 radical (unpaired) electrons. The number of carbonyl (C=O) groups excluding carboxylic acids is 1. The molecule has 23 heavy (non-hydrogen) atoms. The van der Waals surface area contributed by atoms with Gasteiger partial charge in [-0.3, -0.25) is 4.79 Å². The Balaban J connectivity index is 1.87. The van der Waals surface area contributed by atoms with Crippen LogP contribution in [-0.4, -0.2) is 28.4 Å². The number of para-hydroxylation sites is 1. The Bertz CT molecular complexity index is 555. The third-order valence-corrected chi connectivity index (χ3v) is 4.99. The van der Waals surface area contributed by atoms with Crippen LogP contribution >= 0.6 is 11.8 Å². The summed E-state index contributed by atoms with van der Waals surface area (Å²) in [6, 6.07) is 7.58. The highest BCUT2D eigenvalue weighted by Gasteiger charge is 2.26. The normalized spacial score (nSPS) is 21.0. The molecule has 1 aliphatic rings. The van der Waals surface area contributed by atoms with Crippen molar-refractivity contribution in [2.45, 2.75) is 55.7 Å². The summed E-state index contributed by atoms with van der Waals surface area (Å²) < 4.78 is 0. The molecule has 1 aliphatic carbocycles. The third kappa shape index (κ3) is 5.46. The quantitative estimate of drug-likeness (QED) is 0.711. The molecule has 0 bridgehead atoms. The van der Waals surface area contributed by atoms with Crippen molar-refractivity contribution in [1.29, 1.82) is 0 Å². The van der Waals surface area contributed by atoms with E-state index in [0.717, 1.165) is 10.6 Å². The van der Waals surface area contributed by atoms with E-state index >= 15 is 0 Å². The van der Waals surface area contributed by atoms with Gasteiger partial charge in [-0.25, -0.2) is 4.79 Å². The van der Waals surface area contributed by atoms with Crippen LogP contribution in [0.1, 0.15) is 39.5 Å². The molecule has 126 valence electrons. The summed E-state index contributed by atoms with van der Waals surface area (Å²) in [5.74, 6) is -0.994. The molecule has 1 saturated carbocycles. The van der Waals surface area contributed by atoms with Gasteiger partial charge in [-0.15, -0.1) is 11.8 Å². The second kappa shape index (κ2) is 8.24. The molecule has 1 aromatic rings. The van der Waals surface area contributed by atoms with E-state index in [-0.39, 0.29) is 18.0 Å². The Morgan fingerprint density at radius 1 is 1.17 bits per heavy atom. The van der Waals surface area contributed by atoms with Gasteiger partial charge in [0.2, 0.25) is 0 Å². The number of benzene rings is 1. The van der Waals surface area contributed by atoms with Gasteiger partial charge in [0.1, 0.15) is 0 Å². The highest BCUT2D eigenvalue weighted by atomic mass is 32.2. The Morgan fingerprint density at radius 3 is 2.43 bits per heavy atom. The van der Waals surface area contributed by atoms with E-state index in [9.17, 15) is 9.59 Å². The van der Waals surface area contributed by atoms with Crippen molar-refractivity contribution in [3.8, 4) is 0 Å². The van der Waals surface area contributed by atoms with Gasteiger partial charge in [-0.05, 0) is 37.8 Å². The van der Waals surface area contributed by atoms with E-state index in [2.05, 4.69) is 24.5 Å². The van der Waals surface area contributed by atoms with Gasteiger partial charge >= 0.3 is 12.0 Å². The summed E-state index contributed by atoms with van der Waals surface area (Å²) in [4.78, 5) is 24.2. The molecule has 0 atom stereocenters. The average molecular weight is 336 g/mol.